The smallest absolute Gasteiger partial charge is 0.296 e. The molecule has 4 nitrogen and oxygen atoms in total. The molecular weight excluding hydrogens is 295 g/mol. The first kappa shape index (κ1) is 15.0. The maximum absolute atomic E-state index is 13.5. The average Bonchev–Trinajstić information content (AvgIpc) is 2.86. The van der Waals surface area contributed by atoms with Gasteiger partial charge in [0.2, 0.25) is 0 Å². The number of hydrogen-bond donors (Lipinski definition) is 2. The number of anilines is 1. The number of H-pyrrole nitrogens is 1. The van der Waals surface area contributed by atoms with Gasteiger partial charge in [-0.05, 0) is 32.0 Å². The Hall–Kier alpha value is -2.95. The lowest BCUT2D eigenvalue weighted by atomic mass is 10.1. The first-order valence-electron chi connectivity index (χ1n) is 7.17. The molecule has 0 bridgehead atoms. The summed E-state index contributed by atoms with van der Waals surface area (Å²) in [7, 11) is 0. The van der Waals surface area contributed by atoms with Gasteiger partial charge in [0.05, 0.1) is 5.56 Å². The van der Waals surface area contributed by atoms with Crippen molar-refractivity contribution in [2.75, 3.05) is 5.32 Å². The number of carbonyl (C=O) groups is 2. The molecule has 0 aliphatic rings. The van der Waals surface area contributed by atoms with Crippen molar-refractivity contribution in [1.29, 1.82) is 0 Å². The zero-order valence-electron chi connectivity index (χ0n) is 12.7. The van der Waals surface area contributed by atoms with Crippen LogP contribution in [0.4, 0.5) is 10.1 Å². The highest BCUT2D eigenvalue weighted by atomic mass is 19.1. The summed E-state index contributed by atoms with van der Waals surface area (Å²) in [5.41, 5.74) is 2.35. The van der Waals surface area contributed by atoms with E-state index in [0.29, 0.717) is 27.9 Å². The number of amides is 1. The molecule has 0 fully saturated rings. The highest BCUT2D eigenvalue weighted by molar-refractivity contribution is 6.48. The van der Waals surface area contributed by atoms with Crippen LogP contribution in [-0.2, 0) is 4.79 Å². The molecule has 2 aromatic carbocycles. The number of benzene rings is 2. The van der Waals surface area contributed by atoms with Crippen molar-refractivity contribution < 1.29 is 14.0 Å². The van der Waals surface area contributed by atoms with E-state index in [2.05, 4.69) is 10.3 Å². The summed E-state index contributed by atoms with van der Waals surface area (Å²) in [5, 5.41) is 3.18. The molecule has 0 radical (unpaired) electrons. The van der Waals surface area contributed by atoms with Gasteiger partial charge < -0.3 is 10.3 Å². The van der Waals surface area contributed by atoms with Crippen LogP contribution < -0.4 is 5.32 Å². The van der Waals surface area contributed by atoms with Crippen LogP contribution in [0.1, 0.15) is 21.6 Å². The summed E-state index contributed by atoms with van der Waals surface area (Å²) in [6.45, 7) is 3.29. The van der Waals surface area contributed by atoms with E-state index in [4.69, 9.17) is 0 Å². The van der Waals surface area contributed by atoms with Crippen molar-refractivity contribution in [1.82, 2.24) is 4.98 Å². The van der Waals surface area contributed by atoms with E-state index in [9.17, 15) is 14.0 Å². The molecule has 0 unspecified atom stereocenters. The number of aromatic amines is 1. The average molecular weight is 310 g/mol. The van der Waals surface area contributed by atoms with Gasteiger partial charge in [-0.15, -0.1) is 0 Å². The van der Waals surface area contributed by atoms with Crippen molar-refractivity contribution in [3.63, 3.8) is 0 Å². The van der Waals surface area contributed by atoms with Crippen molar-refractivity contribution in [3.05, 3.63) is 65.1 Å². The topological polar surface area (TPSA) is 62.0 Å². The maximum Gasteiger partial charge on any atom is 0.296 e. The number of rotatable bonds is 3. The van der Waals surface area contributed by atoms with E-state index < -0.39 is 17.5 Å². The third-order valence-corrected chi connectivity index (χ3v) is 3.84. The molecule has 116 valence electrons. The molecule has 23 heavy (non-hydrogen) atoms. The third-order valence-electron chi connectivity index (χ3n) is 3.84. The number of halogens is 1. The molecule has 1 heterocycles. The minimum Gasteiger partial charge on any atom is -0.358 e. The standard InChI is InChI=1S/C18H15FN2O2/c1-10-13(19)7-5-9-14(10)21-18(23)17(22)16-11(2)20-15-8-4-3-6-12(15)16/h3-9,20H,1-2H3,(H,21,23). The van der Waals surface area contributed by atoms with Crippen LogP contribution >= 0.6 is 0 Å². The molecular formula is C18H15FN2O2. The monoisotopic (exact) mass is 310 g/mol. The fraction of sp³-hybridized carbons (Fsp3) is 0.111. The Bertz CT molecular complexity index is 928. The fourth-order valence-corrected chi connectivity index (χ4v) is 2.60. The highest BCUT2D eigenvalue weighted by Gasteiger charge is 2.23. The SMILES string of the molecule is Cc1[nH]c2ccccc2c1C(=O)C(=O)Nc1cccc(F)c1C. The normalized spacial score (nSPS) is 10.7. The fourth-order valence-electron chi connectivity index (χ4n) is 2.60. The lowest BCUT2D eigenvalue weighted by molar-refractivity contribution is -0.112. The van der Waals surface area contributed by atoms with Gasteiger partial charge in [0.25, 0.3) is 11.7 Å². The zero-order chi connectivity index (χ0) is 16.6. The number of aryl methyl sites for hydroxylation is 1. The summed E-state index contributed by atoms with van der Waals surface area (Å²) in [5.74, 6) is -1.87. The molecule has 0 aliphatic heterocycles. The molecule has 0 spiro atoms. The van der Waals surface area contributed by atoms with Crippen molar-refractivity contribution in [2.45, 2.75) is 13.8 Å². The number of carbonyl (C=O) groups excluding carboxylic acids is 2. The van der Waals surface area contributed by atoms with Crippen LogP contribution in [0.2, 0.25) is 0 Å². The van der Waals surface area contributed by atoms with Crippen LogP contribution in [0.5, 0.6) is 0 Å². The number of fused-ring (bicyclic) bond motifs is 1. The van der Waals surface area contributed by atoms with Gasteiger partial charge >= 0.3 is 0 Å². The Morgan fingerprint density at radius 1 is 1.04 bits per heavy atom. The molecule has 5 heteroatoms. The number of hydrogen-bond acceptors (Lipinski definition) is 2. The minimum absolute atomic E-state index is 0.292. The van der Waals surface area contributed by atoms with Gasteiger partial charge in [-0.1, -0.05) is 24.3 Å². The van der Waals surface area contributed by atoms with Crippen LogP contribution in [0.25, 0.3) is 10.9 Å². The van der Waals surface area contributed by atoms with Crippen molar-refractivity contribution in [3.8, 4) is 0 Å². The second-order valence-electron chi connectivity index (χ2n) is 5.37. The van der Waals surface area contributed by atoms with Gasteiger partial charge in [0.1, 0.15) is 5.82 Å². The first-order chi connectivity index (χ1) is 11.0. The molecule has 1 aromatic heterocycles. The highest BCUT2D eigenvalue weighted by Crippen LogP contribution is 2.23. The zero-order valence-corrected chi connectivity index (χ0v) is 12.7. The summed E-state index contributed by atoms with van der Waals surface area (Å²) in [4.78, 5) is 27.9. The van der Waals surface area contributed by atoms with Gasteiger partial charge in [-0.25, -0.2) is 4.39 Å². The van der Waals surface area contributed by atoms with Crippen molar-refractivity contribution >= 4 is 28.3 Å². The van der Waals surface area contributed by atoms with Crippen LogP contribution in [0.3, 0.4) is 0 Å². The summed E-state index contributed by atoms with van der Waals surface area (Å²) < 4.78 is 13.5. The lowest BCUT2D eigenvalue weighted by Gasteiger charge is -2.08. The predicted molar refractivity (Wildman–Crippen MR) is 87.1 cm³/mol. The van der Waals surface area contributed by atoms with Crippen LogP contribution in [0.15, 0.2) is 42.5 Å². The van der Waals surface area contributed by atoms with E-state index in [1.54, 1.807) is 32.0 Å². The Labute approximate surface area is 132 Å². The lowest BCUT2D eigenvalue weighted by Crippen LogP contribution is -2.24. The number of nitrogens with one attached hydrogen (secondary N) is 2. The first-order valence-corrected chi connectivity index (χ1v) is 7.17. The Morgan fingerprint density at radius 2 is 1.78 bits per heavy atom. The summed E-state index contributed by atoms with van der Waals surface area (Å²) in [6.07, 6.45) is 0. The van der Waals surface area contributed by atoms with Gasteiger partial charge in [-0.3, -0.25) is 9.59 Å². The van der Waals surface area contributed by atoms with Crippen molar-refractivity contribution in [2.24, 2.45) is 0 Å². The van der Waals surface area contributed by atoms with E-state index in [-0.39, 0.29) is 0 Å². The van der Waals surface area contributed by atoms with E-state index in [0.717, 1.165) is 5.52 Å². The van der Waals surface area contributed by atoms with Crippen LogP contribution in [-0.4, -0.2) is 16.7 Å². The van der Waals surface area contributed by atoms with Gasteiger partial charge in [0.15, 0.2) is 0 Å². The third kappa shape index (κ3) is 2.61. The second kappa shape index (κ2) is 5.68. The number of aromatic nitrogens is 1. The molecule has 1 amide bonds. The maximum atomic E-state index is 13.5. The minimum atomic E-state index is -0.786. The molecule has 2 N–H and O–H groups in total. The largest absolute Gasteiger partial charge is 0.358 e. The van der Waals surface area contributed by atoms with Crippen LogP contribution in [0, 0.1) is 19.7 Å². The molecule has 0 aliphatic carbocycles. The number of Topliss-reactive ketones (excluding diaryl/α,β-unsaturated/α-hetero) is 1. The Morgan fingerprint density at radius 3 is 2.57 bits per heavy atom. The summed E-state index contributed by atoms with van der Waals surface area (Å²) in [6, 6.07) is 11.6. The second-order valence-corrected chi connectivity index (χ2v) is 5.37. The molecule has 0 atom stereocenters. The Balaban J connectivity index is 1.94. The number of ketones is 1. The van der Waals surface area contributed by atoms with E-state index >= 15 is 0 Å². The van der Waals surface area contributed by atoms with Gasteiger partial charge in [0, 0.05) is 27.8 Å². The molecule has 0 saturated heterocycles. The molecule has 0 saturated carbocycles. The quantitative estimate of drug-likeness (QED) is 0.572. The molecule has 3 aromatic rings. The predicted octanol–water partition coefficient (Wildman–Crippen LogP) is 3.75. The number of para-hydroxylation sites is 1. The van der Waals surface area contributed by atoms with E-state index in [1.165, 1.54) is 12.1 Å². The van der Waals surface area contributed by atoms with Gasteiger partial charge in [-0.2, -0.15) is 0 Å². The molecule has 3 rings (SSSR count). The summed E-state index contributed by atoms with van der Waals surface area (Å²) >= 11 is 0. The van der Waals surface area contributed by atoms with E-state index in [1.807, 2.05) is 12.1 Å². The Kier molecular flexibility index (Phi) is 3.70.